The van der Waals surface area contributed by atoms with E-state index in [-0.39, 0.29) is 12.5 Å². The molecule has 0 aliphatic rings. The summed E-state index contributed by atoms with van der Waals surface area (Å²) < 4.78 is 14.4. The predicted octanol–water partition coefficient (Wildman–Crippen LogP) is 1.21. The molecule has 0 aliphatic carbocycles. The molecule has 0 fully saturated rings. The van der Waals surface area contributed by atoms with Gasteiger partial charge in [0.2, 0.25) is 5.91 Å². The van der Waals surface area contributed by atoms with Crippen LogP contribution in [0.1, 0.15) is 26.7 Å². The van der Waals surface area contributed by atoms with Crippen LogP contribution < -0.4 is 10.2 Å². The van der Waals surface area contributed by atoms with Gasteiger partial charge in [-0.1, -0.05) is 13.5 Å². The lowest BCUT2D eigenvalue weighted by atomic mass is 10.3. The first-order valence-corrected chi connectivity index (χ1v) is 7.88. The van der Waals surface area contributed by atoms with Crippen molar-refractivity contribution in [3.05, 3.63) is 12.7 Å². The van der Waals surface area contributed by atoms with E-state index in [1.165, 1.54) is 19.0 Å². The van der Waals surface area contributed by atoms with Gasteiger partial charge < -0.3 is 14.7 Å². The van der Waals surface area contributed by atoms with Gasteiger partial charge >= 0.3 is 8.25 Å². The van der Waals surface area contributed by atoms with E-state index in [9.17, 15) is 14.3 Å². The van der Waals surface area contributed by atoms with Crippen molar-refractivity contribution in [3.63, 3.8) is 0 Å². The number of amides is 1. The first-order valence-electron chi connectivity index (χ1n) is 6.78. The Bertz CT molecular complexity index is 296. The molecular formula is C13H28N2O4P+. The van der Waals surface area contributed by atoms with E-state index in [1.54, 1.807) is 6.92 Å². The fourth-order valence-corrected chi connectivity index (χ4v) is 1.82. The van der Waals surface area contributed by atoms with Crippen LogP contribution in [0.5, 0.6) is 0 Å². The zero-order chi connectivity index (χ0) is 16.0. The monoisotopic (exact) mass is 307 g/mol. The molecule has 20 heavy (non-hydrogen) atoms. The molecular weight excluding hydrogens is 279 g/mol. The summed E-state index contributed by atoms with van der Waals surface area (Å²) in [6.07, 6.45) is 3.53. The van der Waals surface area contributed by atoms with Crippen LogP contribution >= 0.6 is 8.25 Å². The fraction of sp³-hybridized carbons (Fsp3) is 0.769. The van der Waals surface area contributed by atoms with Crippen LogP contribution in [0.15, 0.2) is 12.7 Å². The molecule has 0 aromatic carbocycles. The molecule has 0 saturated heterocycles. The molecule has 0 aromatic rings. The minimum Gasteiger partial charge on any atom is -0.566 e. The van der Waals surface area contributed by atoms with E-state index < -0.39 is 8.25 Å². The lowest BCUT2D eigenvalue weighted by Crippen LogP contribution is -2.42. The number of carbonyl (C=O) groups is 1. The summed E-state index contributed by atoms with van der Waals surface area (Å²) in [5.41, 5.74) is 0. The Morgan fingerprint density at radius 2 is 2.00 bits per heavy atom. The van der Waals surface area contributed by atoms with Gasteiger partial charge in [0.1, 0.15) is 0 Å². The molecule has 0 aromatic heterocycles. The highest BCUT2D eigenvalue weighted by atomic mass is 31.1. The van der Waals surface area contributed by atoms with Crippen molar-refractivity contribution in [2.45, 2.75) is 26.7 Å². The highest BCUT2D eigenvalue weighted by Gasteiger charge is 2.12. The Hall–Kier alpha value is -0.810. The molecule has 1 unspecified atom stereocenters. The number of nitrogens with one attached hydrogen (secondary N) is 1. The van der Waals surface area contributed by atoms with Gasteiger partial charge in [-0.2, -0.15) is 0 Å². The first kappa shape index (κ1) is 21.5. The van der Waals surface area contributed by atoms with E-state index >= 15 is 0 Å². The van der Waals surface area contributed by atoms with Crippen LogP contribution in [0.25, 0.3) is 0 Å². The van der Waals surface area contributed by atoms with Gasteiger partial charge in [0.25, 0.3) is 0 Å². The molecule has 1 amide bonds. The number of hydrogen-bond donors (Lipinski definition) is 1. The molecule has 0 rings (SSSR count). The van der Waals surface area contributed by atoms with E-state index in [4.69, 9.17) is 0 Å². The van der Waals surface area contributed by atoms with E-state index in [0.717, 1.165) is 24.0 Å². The zero-order valence-corrected chi connectivity index (χ0v) is 13.9. The van der Waals surface area contributed by atoms with E-state index in [0.29, 0.717) is 0 Å². The summed E-state index contributed by atoms with van der Waals surface area (Å²) in [5.74, 6) is -0.0780. The molecule has 0 aliphatic heterocycles. The van der Waals surface area contributed by atoms with Crippen molar-refractivity contribution in [3.8, 4) is 0 Å². The van der Waals surface area contributed by atoms with Crippen molar-refractivity contribution in [2.75, 3.05) is 40.3 Å². The smallest absolute Gasteiger partial charge is 0.488 e. The summed E-state index contributed by atoms with van der Waals surface area (Å²) in [6, 6.07) is 0. The molecule has 118 valence electrons. The quantitative estimate of drug-likeness (QED) is 0.300. The van der Waals surface area contributed by atoms with Gasteiger partial charge in [-0.3, -0.25) is 4.79 Å². The molecule has 0 spiro atoms. The number of carbonyl (C=O) groups excluding carboxylic acids is 1. The molecule has 0 heterocycles. The van der Waals surface area contributed by atoms with Crippen molar-refractivity contribution in [1.29, 1.82) is 0 Å². The first-order chi connectivity index (χ1) is 9.29. The van der Waals surface area contributed by atoms with Crippen molar-refractivity contribution in [1.82, 2.24) is 5.32 Å². The maximum absolute atomic E-state index is 10.8. The zero-order valence-electron chi connectivity index (χ0n) is 13.1. The molecule has 6 nitrogen and oxygen atoms in total. The molecule has 0 radical (unpaired) electrons. The SMILES string of the molecule is C=CC(=O)NCCC[N+](C)(C)CCC.CCO[P+](=O)[O-]. The second-order valence-corrected chi connectivity index (χ2v) is 5.58. The van der Waals surface area contributed by atoms with Crippen LogP contribution in [0.4, 0.5) is 0 Å². The standard InChI is InChI=1S/C11H22N2O.C2H5O3P/c1-5-9-13(3,4)10-7-8-12-11(14)6-2;1-2-5-6(3)4/h6H,2,5,7-10H2,1,3-4H3;2H2,1H3/p+1. The van der Waals surface area contributed by atoms with Gasteiger partial charge in [0.05, 0.1) is 33.8 Å². The molecule has 0 saturated carbocycles. The lowest BCUT2D eigenvalue weighted by molar-refractivity contribution is -0.890. The second kappa shape index (κ2) is 13.2. The Labute approximate surface area is 123 Å². The number of nitrogens with zero attached hydrogens (tertiary/aromatic N) is 1. The van der Waals surface area contributed by atoms with Gasteiger partial charge in [-0.05, 0) is 24.0 Å². The fourth-order valence-electron chi connectivity index (χ4n) is 1.61. The summed E-state index contributed by atoms with van der Waals surface area (Å²) in [4.78, 5) is 20.2. The van der Waals surface area contributed by atoms with Crippen LogP contribution in [-0.4, -0.2) is 50.7 Å². The van der Waals surface area contributed by atoms with Crippen LogP contribution in [0.3, 0.4) is 0 Å². The normalized spacial score (nSPS) is 11.2. The number of rotatable bonds is 9. The Morgan fingerprint density at radius 3 is 2.35 bits per heavy atom. The second-order valence-electron chi connectivity index (χ2n) is 4.87. The summed E-state index contributed by atoms with van der Waals surface area (Å²) >= 11 is 0. The predicted molar refractivity (Wildman–Crippen MR) is 79.2 cm³/mol. The van der Waals surface area contributed by atoms with Crippen molar-refractivity contribution >= 4 is 14.2 Å². The average Bonchev–Trinajstić information content (AvgIpc) is 2.35. The van der Waals surface area contributed by atoms with Gasteiger partial charge in [-0.15, -0.1) is 4.52 Å². The Balaban J connectivity index is 0. The Morgan fingerprint density at radius 1 is 1.40 bits per heavy atom. The third-order valence-corrected chi connectivity index (χ3v) is 2.96. The Kier molecular flexibility index (Phi) is 14.2. The topological polar surface area (TPSA) is 78.5 Å². The number of quaternary nitrogens is 1. The van der Waals surface area contributed by atoms with Crippen LogP contribution in [0.2, 0.25) is 0 Å². The van der Waals surface area contributed by atoms with Crippen molar-refractivity contribution in [2.24, 2.45) is 0 Å². The van der Waals surface area contributed by atoms with Crippen LogP contribution in [0, 0.1) is 0 Å². The molecule has 7 heteroatoms. The van der Waals surface area contributed by atoms with Crippen molar-refractivity contribution < 1.29 is 23.3 Å². The molecule has 1 N–H and O–H groups in total. The lowest BCUT2D eigenvalue weighted by Gasteiger charge is -2.29. The van der Waals surface area contributed by atoms with Gasteiger partial charge in [0.15, 0.2) is 0 Å². The highest BCUT2D eigenvalue weighted by molar-refractivity contribution is 7.30. The average molecular weight is 307 g/mol. The number of hydrogen-bond acceptors (Lipinski definition) is 4. The highest BCUT2D eigenvalue weighted by Crippen LogP contribution is 2.05. The van der Waals surface area contributed by atoms with Gasteiger partial charge in [-0.25, -0.2) is 0 Å². The summed E-state index contributed by atoms with van der Waals surface area (Å²) in [5, 5.41) is 2.78. The molecule has 0 bridgehead atoms. The largest absolute Gasteiger partial charge is 0.566 e. The van der Waals surface area contributed by atoms with Gasteiger partial charge in [0, 0.05) is 13.0 Å². The third kappa shape index (κ3) is 17.2. The summed E-state index contributed by atoms with van der Waals surface area (Å²) in [6.45, 7) is 10.5. The third-order valence-electron chi connectivity index (χ3n) is 2.49. The minimum atomic E-state index is -2.60. The van der Waals surface area contributed by atoms with E-state index in [1.807, 2.05) is 0 Å². The van der Waals surface area contributed by atoms with E-state index in [2.05, 4.69) is 37.4 Å². The maximum Gasteiger partial charge on any atom is 0.488 e. The molecule has 1 atom stereocenters. The minimum absolute atomic E-state index is 0.0780. The van der Waals surface area contributed by atoms with Crippen LogP contribution in [-0.2, 0) is 13.9 Å². The summed E-state index contributed by atoms with van der Waals surface area (Å²) in [7, 11) is 1.84. The maximum atomic E-state index is 10.8.